The number of phosphoric acid groups is 1. The van der Waals surface area contributed by atoms with E-state index in [1.165, 1.54) is 25.7 Å². The molecule has 0 saturated heterocycles. The molecule has 0 bridgehead atoms. The number of allylic oxidation sites excluding steroid dienone is 34. The van der Waals surface area contributed by atoms with Crippen LogP contribution >= 0.6 is 7.82 Å². The van der Waals surface area contributed by atoms with Gasteiger partial charge in [-0.25, -0.2) is 4.57 Å². The lowest BCUT2D eigenvalue weighted by Gasteiger charge is -2.19. The summed E-state index contributed by atoms with van der Waals surface area (Å²) >= 11 is 0. The Kier molecular flexibility index (Phi) is 63.4. The summed E-state index contributed by atoms with van der Waals surface area (Å²) in [6.45, 7) is 3.43. The van der Waals surface area contributed by atoms with Crippen LogP contribution in [0.2, 0.25) is 0 Å². The summed E-state index contributed by atoms with van der Waals surface area (Å²) in [7, 11) is -4.42. The molecule has 0 aliphatic rings. The van der Waals surface area contributed by atoms with Crippen LogP contribution in [0.25, 0.3) is 0 Å². The Hall–Kier alpha value is -5.41. The molecule has 9 nitrogen and oxygen atoms in total. The zero-order valence-corrected chi connectivity index (χ0v) is 53.9. The molecule has 0 amide bonds. The Balaban J connectivity index is 4.11. The van der Waals surface area contributed by atoms with Gasteiger partial charge in [0.25, 0.3) is 0 Å². The molecular weight excluding hydrogens is 1070 g/mol. The summed E-state index contributed by atoms with van der Waals surface area (Å²) in [4.78, 5) is 35.3. The van der Waals surface area contributed by atoms with Crippen LogP contribution in [0, 0.1) is 0 Å². The fourth-order valence-corrected chi connectivity index (χ4v) is 8.70. The van der Waals surface area contributed by atoms with Crippen molar-refractivity contribution in [1.82, 2.24) is 0 Å². The fraction of sp³-hybridized carbons (Fsp3) is 0.520. The molecule has 0 aromatic heterocycles. The molecule has 2 atom stereocenters. The van der Waals surface area contributed by atoms with E-state index < -0.39 is 32.5 Å². The van der Waals surface area contributed by atoms with E-state index in [-0.39, 0.29) is 32.6 Å². The molecular formula is C75H116NO8P. The van der Waals surface area contributed by atoms with Gasteiger partial charge in [-0.1, -0.05) is 265 Å². The van der Waals surface area contributed by atoms with Gasteiger partial charge in [0.1, 0.15) is 6.61 Å². The predicted octanol–water partition coefficient (Wildman–Crippen LogP) is 21.5. The first-order valence-electron chi connectivity index (χ1n) is 32.6. The van der Waals surface area contributed by atoms with Crippen LogP contribution < -0.4 is 5.73 Å². The minimum atomic E-state index is -4.42. The number of esters is 2. The van der Waals surface area contributed by atoms with Gasteiger partial charge in [0.15, 0.2) is 6.10 Å². The summed E-state index contributed by atoms with van der Waals surface area (Å²) in [5.74, 6) is -0.894. The SMILES string of the molecule is CC/C=C\C/C=C\C/C=C\C/C=C\C/C=C\C/C=C\C/C=C\C/C=C\C/C=C\CCCCCC(=O)OC(COC(=O)CCCCCCCCCC/C=C\C/C=C\C/C=C\C/C=C\C/C=C\C/C=C\C/C=C\C/C=C\CC)COP(=O)(O)OCCN. The molecule has 0 radical (unpaired) electrons. The zero-order chi connectivity index (χ0) is 61.6. The zero-order valence-electron chi connectivity index (χ0n) is 53.0. The molecule has 0 fully saturated rings. The van der Waals surface area contributed by atoms with Gasteiger partial charge < -0.3 is 20.1 Å². The Morgan fingerprint density at radius 1 is 0.353 bits per heavy atom. The molecule has 0 aliphatic carbocycles. The molecule has 474 valence electrons. The largest absolute Gasteiger partial charge is 0.472 e. The number of rotatable bonds is 58. The van der Waals surface area contributed by atoms with Gasteiger partial charge in [-0.2, -0.15) is 0 Å². The number of carbonyl (C=O) groups excluding carboxylic acids is 2. The normalized spacial score (nSPS) is 14.4. The van der Waals surface area contributed by atoms with Crippen molar-refractivity contribution in [2.24, 2.45) is 5.73 Å². The van der Waals surface area contributed by atoms with Crippen molar-refractivity contribution in [1.29, 1.82) is 0 Å². The van der Waals surface area contributed by atoms with Crippen molar-refractivity contribution >= 4 is 19.8 Å². The number of hydrogen-bond acceptors (Lipinski definition) is 8. The molecule has 10 heteroatoms. The highest BCUT2D eigenvalue weighted by Crippen LogP contribution is 2.43. The van der Waals surface area contributed by atoms with Crippen molar-refractivity contribution in [3.63, 3.8) is 0 Å². The van der Waals surface area contributed by atoms with Gasteiger partial charge in [0, 0.05) is 19.4 Å². The fourth-order valence-electron chi connectivity index (χ4n) is 7.94. The summed E-state index contributed by atoms with van der Waals surface area (Å²) in [6.07, 6.45) is 105. The smallest absolute Gasteiger partial charge is 0.462 e. The van der Waals surface area contributed by atoms with Crippen LogP contribution in [-0.4, -0.2) is 49.3 Å². The first-order chi connectivity index (χ1) is 41.8. The third kappa shape index (κ3) is 67.6. The van der Waals surface area contributed by atoms with Crippen LogP contribution in [0.3, 0.4) is 0 Å². The average molecular weight is 1190 g/mol. The summed E-state index contributed by atoms with van der Waals surface area (Å²) in [6, 6.07) is 0. The van der Waals surface area contributed by atoms with Crippen molar-refractivity contribution in [3.05, 3.63) is 207 Å². The third-order valence-corrected chi connectivity index (χ3v) is 13.6. The average Bonchev–Trinajstić information content (AvgIpc) is 3.52. The Bertz CT molecular complexity index is 2140. The second-order valence-corrected chi connectivity index (χ2v) is 22.0. The lowest BCUT2D eigenvalue weighted by molar-refractivity contribution is -0.161. The maximum atomic E-state index is 12.7. The highest BCUT2D eigenvalue weighted by molar-refractivity contribution is 7.47. The van der Waals surface area contributed by atoms with Crippen molar-refractivity contribution in [2.75, 3.05) is 26.4 Å². The molecule has 85 heavy (non-hydrogen) atoms. The van der Waals surface area contributed by atoms with Gasteiger partial charge in [-0.05, 0) is 148 Å². The van der Waals surface area contributed by atoms with Crippen LogP contribution in [0.4, 0.5) is 0 Å². The lowest BCUT2D eigenvalue weighted by atomic mass is 10.1. The maximum absolute atomic E-state index is 12.7. The van der Waals surface area contributed by atoms with E-state index in [1.54, 1.807) is 0 Å². The van der Waals surface area contributed by atoms with E-state index >= 15 is 0 Å². The monoisotopic (exact) mass is 1190 g/mol. The minimum Gasteiger partial charge on any atom is -0.462 e. The lowest BCUT2D eigenvalue weighted by Crippen LogP contribution is -2.29. The summed E-state index contributed by atoms with van der Waals surface area (Å²) in [5, 5.41) is 0. The number of carbonyl (C=O) groups is 2. The van der Waals surface area contributed by atoms with Crippen LogP contribution in [0.15, 0.2) is 207 Å². The number of hydrogen-bond donors (Lipinski definition) is 2. The van der Waals surface area contributed by atoms with Crippen molar-refractivity contribution in [3.8, 4) is 0 Å². The van der Waals surface area contributed by atoms with E-state index in [4.69, 9.17) is 24.3 Å². The van der Waals surface area contributed by atoms with Gasteiger partial charge in [-0.15, -0.1) is 0 Å². The molecule has 0 aromatic carbocycles. The van der Waals surface area contributed by atoms with Crippen molar-refractivity contribution < 1.29 is 37.6 Å². The standard InChI is InChI=1S/C75H116NO8P/c1-3-5-7-9-11-13-15-17-19-21-23-25-27-29-31-33-35-36-38-39-41-43-45-47-49-51-53-55-57-59-61-63-65-67-74(77)81-71-73(72-83-85(79,80)82-70-69-76)84-75(78)68-66-64-62-60-58-56-54-52-50-48-46-44-42-40-37-34-32-30-28-26-24-22-20-18-16-14-12-10-8-6-4-2/h5-8,11-14,17-20,23-26,29-32,35-37,39-41,44-47,50,52,56,58,73H,3-4,9-10,15-16,21-22,27-28,33-34,38,42-43,48-49,51,53-55,57,59-72,76H2,1-2H3,(H,79,80)/b7-5-,8-6-,13-11-,14-12-,19-17-,20-18-,25-23-,26-24-,31-29-,32-30-,36-35-,40-37-,41-39-,46-44-,47-45-,52-50-,58-56-. The highest BCUT2D eigenvalue weighted by Gasteiger charge is 2.26. The Labute approximate surface area is 518 Å². The number of unbranched alkanes of at least 4 members (excludes halogenated alkanes) is 11. The third-order valence-electron chi connectivity index (χ3n) is 12.7. The van der Waals surface area contributed by atoms with Gasteiger partial charge >= 0.3 is 19.8 Å². The predicted molar refractivity (Wildman–Crippen MR) is 366 cm³/mol. The molecule has 0 spiro atoms. The highest BCUT2D eigenvalue weighted by atomic mass is 31.2. The number of ether oxygens (including phenoxy) is 2. The molecule has 0 rings (SSSR count). The van der Waals surface area contributed by atoms with E-state index in [9.17, 15) is 19.0 Å². The van der Waals surface area contributed by atoms with E-state index in [0.717, 1.165) is 154 Å². The number of nitrogens with two attached hydrogens (primary N) is 1. The summed E-state index contributed by atoms with van der Waals surface area (Å²) < 4.78 is 33.1. The molecule has 0 aromatic rings. The van der Waals surface area contributed by atoms with Gasteiger partial charge in [0.2, 0.25) is 0 Å². The number of phosphoric ester groups is 1. The molecule has 2 unspecified atom stereocenters. The second kappa shape index (κ2) is 67.7. The van der Waals surface area contributed by atoms with E-state index in [0.29, 0.717) is 12.8 Å². The quantitative estimate of drug-likeness (QED) is 0.0264. The van der Waals surface area contributed by atoms with Crippen molar-refractivity contribution in [2.45, 2.75) is 225 Å². The van der Waals surface area contributed by atoms with Gasteiger partial charge in [-0.3, -0.25) is 18.6 Å². The van der Waals surface area contributed by atoms with Crippen LogP contribution in [0.1, 0.15) is 219 Å². The second-order valence-electron chi connectivity index (χ2n) is 20.5. The topological polar surface area (TPSA) is 134 Å². The molecule has 0 heterocycles. The molecule has 3 N–H and O–H groups in total. The van der Waals surface area contributed by atoms with E-state index in [1.807, 2.05) is 0 Å². The van der Waals surface area contributed by atoms with Crippen LogP contribution in [0.5, 0.6) is 0 Å². The first-order valence-corrected chi connectivity index (χ1v) is 34.1. The first kappa shape index (κ1) is 79.6. The molecule has 0 aliphatic heterocycles. The maximum Gasteiger partial charge on any atom is 0.472 e. The minimum absolute atomic E-state index is 0.0342. The van der Waals surface area contributed by atoms with Crippen LogP contribution in [-0.2, 0) is 32.7 Å². The summed E-state index contributed by atoms with van der Waals surface area (Å²) in [5.41, 5.74) is 5.39. The van der Waals surface area contributed by atoms with Gasteiger partial charge in [0.05, 0.1) is 13.2 Å². The molecule has 0 saturated carbocycles. The Morgan fingerprint density at radius 3 is 0.918 bits per heavy atom. The Morgan fingerprint density at radius 2 is 0.612 bits per heavy atom. The van der Waals surface area contributed by atoms with E-state index in [2.05, 4.69) is 220 Å².